The largest absolute Gasteiger partial charge is 0.497 e. The van der Waals surface area contributed by atoms with E-state index in [9.17, 15) is 14.4 Å². The van der Waals surface area contributed by atoms with Crippen LogP contribution in [0.2, 0.25) is 0 Å². The molecule has 1 heterocycles. The zero-order valence-corrected chi connectivity index (χ0v) is 19.4. The van der Waals surface area contributed by atoms with E-state index in [0.717, 1.165) is 11.1 Å². The van der Waals surface area contributed by atoms with Gasteiger partial charge >= 0.3 is 0 Å². The molecular formula is C27H25N3O4. The van der Waals surface area contributed by atoms with Crippen molar-refractivity contribution in [2.24, 2.45) is 0 Å². The quantitative estimate of drug-likeness (QED) is 0.528. The van der Waals surface area contributed by atoms with Gasteiger partial charge in [0.1, 0.15) is 11.4 Å². The number of anilines is 3. The van der Waals surface area contributed by atoms with Crippen molar-refractivity contribution in [2.75, 3.05) is 22.6 Å². The molecule has 1 aliphatic heterocycles. The van der Waals surface area contributed by atoms with Gasteiger partial charge in [0.2, 0.25) is 5.91 Å². The fourth-order valence-electron chi connectivity index (χ4n) is 3.78. The minimum absolute atomic E-state index is 0.170. The van der Waals surface area contributed by atoms with E-state index in [1.165, 1.54) is 11.8 Å². The van der Waals surface area contributed by atoms with Gasteiger partial charge in [0.25, 0.3) is 11.8 Å². The maximum atomic E-state index is 13.6. The summed E-state index contributed by atoms with van der Waals surface area (Å²) in [6, 6.07) is 19.4. The molecule has 0 saturated carbocycles. The number of hydrogen-bond donors (Lipinski definition) is 2. The smallest absolute Gasteiger partial charge is 0.282 e. The third kappa shape index (κ3) is 4.41. The minimum atomic E-state index is -0.447. The van der Waals surface area contributed by atoms with Crippen LogP contribution in [0.25, 0.3) is 5.57 Å². The van der Waals surface area contributed by atoms with Gasteiger partial charge in [-0.05, 0) is 66.9 Å². The zero-order chi connectivity index (χ0) is 24.4. The third-order valence-electron chi connectivity index (χ3n) is 5.67. The first-order chi connectivity index (χ1) is 16.3. The molecule has 3 aromatic carbocycles. The number of aryl methyl sites for hydroxylation is 2. The van der Waals surface area contributed by atoms with E-state index in [0.29, 0.717) is 28.4 Å². The van der Waals surface area contributed by atoms with Gasteiger partial charge in [-0.3, -0.25) is 14.4 Å². The second-order valence-corrected chi connectivity index (χ2v) is 8.08. The molecule has 3 aromatic rings. The number of ether oxygens (including phenoxy) is 1. The Morgan fingerprint density at radius 2 is 1.59 bits per heavy atom. The Morgan fingerprint density at radius 1 is 0.853 bits per heavy atom. The number of carbonyl (C=O) groups excluding carboxylic acids is 3. The van der Waals surface area contributed by atoms with Crippen LogP contribution in [0.15, 0.2) is 72.4 Å². The highest BCUT2D eigenvalue weighted by Gasteiger charge is 2.40. The molecule has 0 aliphatic carbocycles. The predicted octanol–water partition coefficient (Wildman–Crippen LogP) is 4.67. The molecule has 0 atom stereocenters. The molecular weight excluding hydrogens is 430 g/mol. The molecule has 0 fully saturated rings. The zero-order valence-electron chi connectivity index (χ0n) is 19.4. The SMILES string of the molecule is COc1cccc(NC2=C(c3ccc(NC(C)=O)cc3)C(=O)N(c3ccc(C)c(C)c3)C2=O)c1. The lowest BCUT2D eigenvalue weighted by Crippen LogP contribution is -2.32. The van der Waals surface area contributed by atoms with Crippen molar-refractivity contribution in [3.8, 4) is 5.75 Å². The Hall–Kier alpha value is -4.39. The summed E-state index contributed by atoms with van der Waals surface area (Å²) in [5, 5.41) is 5.84. The Balaban J connectivity index is 1.79. The lowest BCUT2D eigenvalue weighted by molar-refractivity contribution is -0.120. The minimum Gasteiger partial charge on any atom is -0.497 e. The van der Waals surface area contributed by atoms with Crippen LogP contribution in [0.3, 0.4) is 0 Å². The first-order valence-corrected chi connectivity index (χ1v) is 10.8. The average molecular weight is 456 g/mol. The second-order valence-electron chi connectivity index (χ2n) is 8.08. The highest BCUT2D eigenvalue weighted by Crippen LogP contribution is 2.35. The molecule has 0 radical (unpaired) electrons. The summed E-state index contributed by atoms with van der Waals surface area (Å²) in [5.74, 6) is -0.446. The lowest BCUT2D eigenvalue weighted by atomic mass is 10.0. The molecule has 0 saturated heterocycles. The van der Waals surface area contributed by atoms with Crippen LogP contribution >= 0.6 is 0 Å². The van der Waals surface area contributed by atoms with Crippen LogP contribution in [-0.2, 0) is 14.4 Å². The number of hydrogen-bond acceptors (Lipinski definition) is 5. The molecule has 1 aliphatic rings. The first-order valence-electron chi connectivity index (χ1n) is 10.8. The van der Waals surface area contributed by atoms with Crippen LogP contribution < -0.4 is 20.3 Å². The molecule has 3 amide bonds. The number of nitrogens with one attached hydrogen (secondary N) is 2. The number of nitrogens with zero attached hydrogens (tertiary/aromatic N) is 1. The van der Waals surface area contributed by atoms with Crippen LogP contribution in [0.4, 0.5) is 17.1 Å². The summed E-state index contributed by atoms with van der Waals surface area (Å²) in [6.45, 7) is 5.34. The van der Waals surface area contributed by atoms with Gasteiger partial charge in [0.15, 0.2) is 0 Å². The monoisotopic (exact) mass is 455 g/mol. The van der Waals surface area contributed by atoms with Crippen molar-refractivity contribution in [1.82, 2.24) is 0 Å². The van der Waals surface area contributed by atoms with E-state index >= 15 is 0 Å². The highest BCUT2D eigenvalue weighted by atomic mass is 16.5. The van der Waals surface area contributed by atoms with Crippen LogP contribution in [0.5, 0.6) is 5.75 Å². The second kappa shape index (κ2) is 9.23. The molecule has 0 spiro atoms. The molecule has 34 heavy (non-hydrogen) atoms. The van der Waals surface area contributed by atoms with Crippen LogP contribution in [-0.4, -0.2) is 24.8 Å². The molecule has 0 unspecified atom stereocenters. The number of rotatable bonds is 6. The van der Waals surface area contributed by atoms with Gasteiger partial charge in [-0.15, -0.1) is 0 Å². The third-order valence-corrected chi connectivity index (χ3v) is 5.67. The number of imide groups is 1. The molecule has 2 N–H and O–H groups in total. The van der Waals surface area contributed by atoms with Gasteiger partial charge in [0.05, 0.1) is 18.4 Å². The fraction of sp³-hybridized carbons (Fsp3) is 0.148. The van der Waals surface area contributed by atoms with E-state index in [4.69, 9.17) is 4.74 Å². The summed E-state index contributed by atoms with van der Waals surface area (Å²) in [7, 11) is 1.56. The topological polar surface area (TPSA) is 87.7 Å². The van der Waals surface area contributed by atoms with Gasteiger partial charge in [-0.1, -0.05) is 24.3 Å². The van der Waals surface area contributed by atoms with Gasteiger partial charge < -0.3 is 15.4 Å². The van der Waals surface area contributed by atoms with Crippen molar-refractivity contribution in [3.05, 3.63) is 89.1 Å². The summed E-state index contributed by atoms with van der Waals surface area (Å²) < 4.78 is 5.29. The summed E-state index contributed by atoms with van der Waals surface area (Å²) in [4.78, 5) is 39.7. The number of carbonyl (C=O) groups is 3. The van der Waals surface area contributed by atoms with E-state index in [1.807, 2.05) is 26.0 Å². The predicted molar refractivity (Wildman–Crippen MR) is 133 cm³/mol. The lowest BCUT2D eigenvalue weighted by Gasteiger charge is -2.17. The summed E-state index contributed by atoms with van der Waals surface area (Å²) in [6.07, 6.45) is 0. The molecule has 0 bridgehead atoms. The summed E-state index contributed by atoms with van der Waals surface area (Å²) >= 11 is 0. The van der Waals surface area contributed by atoms with E-state index in [2.05, 4.69) is 10.6 Å². The van der Waals surface area contributed by atoms with E-state index in [1.54, 1.807) is 61.7 Å². The van der Waals surface area contributed by atoms with Crippen molar-refractivity contribution in [1.29, 1.82) is 0 Å². The molecule has 7 heteroatoms. The van der Waals surface area contributed by atoms with E-state index in [-0.39, 0.29) is 17.2 Å². The van der Waals surface area contributed by atoms with E-state index < -0.39 is 11.8 Å². The van der Waals surface area contributed by atoms with Crippen molar-refractivity contribution < 1.29 is 19.1 Å². The number of methoxy groups -OCH3 is 1. The van der Waals surface area contributed by atoms with Crippen molar-refractivity contribution >= 4 is 40.4 Å². The summed E-state index contributed by atoms with van der Waals surface area (Å²) in [5.41, 5.74) is 4.75. The molecule has 4 rings (SSSR count). The highest BCUT2D eigenvalue weighted by molar-refractivity contribution is 6.46. The van der Waals surface area contributed by atoms with Crippen LogP contribution in [0, 0.1) is 13.8 Å². The van der Waals surface area contributed by atoms with Gasteiger partial charge in [-0.25, -0.2) is 4.90 Å². The normalized spacial score (nSPS) is 13.4. The van der Waals surface area contributed by atoms with Crippen LogP contribution in [0.1, 0.15) is 23.6 Å². The van der Waals surface area contributed by atoms with Gasteiger partial charge in [0, 0.05) is 24.4 Å². The maximum absolute atomic E-state index is 13.6. The number of benzene rings is 3. The average Bonchev–Trinajstić information content (AvgIpc) is 3.05. The first kappa shape index (κ1) is 22.8. The Labute approximate surface area is 198 Å². The van der Waals surface area contributed by atoms with Gasteiger partial charge in [-0.2, -0.15) is 0 Å². The Morgan fingerprint density at radius 3 is 2.24 bits per heavy atom. The molecule has 7 nitrogen and oxygen atoms in total. The Bertz CT molecular complexity index is 1330. The maximum Gasteiger partial charge on any atom is 0.282 e. The molecule has 172 valence electrons. The number of amides is 3. The Kier molecular flexibility index (Phi) is 6.19. The standard InChI is InChI=1S/C27H25N3O4/c1-16-8-13-22(14-17(16)2)30-26(32)24(19-9-11-20(12-10-19)28-18(3)31)25(27(30)33)29-21-6-5-7-23(15-21)34-4/h5-15,29H,1-4H3,(H,28,31). The fourth-order valence-corrected chi connectivity index (χ4v) is 3.78. The van der Waals surface area contributed by atoms with Crippen molar-refractivity contribution in [2.45, 2.75) is 20.8 Å². The van der Waals surface area contributed by atoms with Crippen molar-refractivity contribution in [3.63, 3.8) is 0 Å². The molecule has 0 aromatic heterocycles.